The molecule has 22 heavy (non-hydrogen) atoms. The number of halogens is 1. The Morgan fingerprint density at radius 1 is 0.864 bits per heavy atom. The summed E-state index contributed by atoms with van der Waals surface area (Å²) in [5, 5.41) is 0.924. The number of anilines is 2. The minimum atomic E-state index is -0.233. The number of hydrogen-bond acceptors (Lipinski definition) is 4. The van der Waals surface area contributed by atoms with E-state index in [1.807, 2.05) is 12.1 Å². The largest absolute Gasteiger partial charge is 0.368 e. The first kappa shape index (κ1) is 13.5. The van der Waals surface area contributed by atoms with Gasteiger partial charge >= 0.3 is 0 Å². The van der Waals surface area contributed by atoms with Crippen LogP contribution in [0.25, 0.3) is 10.2 Å². The van der Waals surface area contributed by atoms with E-state index < -0.39 is 0 Å². The van der Waals surface area contributed by atoms with Crippen molar-refractivity contribution in [2.24, 2.45) is 0 Å². The molecule has 0 atom stereocenters. The molecule has 2 aromatic carbocycles. The zero-order valence-electron chi connectivity index (χ0n) is 12.1. The number of fused-ring (bicyclic) bond motifs is 1. The predicted octanol–water partition coefficient (Wildman–Crippen LogP) is 3.76. The van der Waals surface area contributed by atoms with Crippen LogP contribution in [-0.4, -0.2) is 31.2 Å². The van der Waals surface area contributed by atoms with Gasteiger partial charge in [-0.05, 0) is 24.3 Å². The molecule has 0 spiro atoms. The molecule has 1 fully saturated rings. The van der Waals surface area contributed by atoms with Crippen LogP contribution in [-0.2, 0) is 0 Å². The van der Waals surface area contributed by atoms with Crippen LogP contribution in [0, 0.1) is 5.82 Å². The van der Waals surface area contributed by atoms with Gasteiger partial charge in [0.2, 0.25) is 0 Å². The van der Waals surface area contributed by atoms with E-state index >= 15 is 0 Å². The highest BCUT2D eigenvalue weighted by molar-refractivity contribution is 7.22. The normalized spacial score (nSPS) is 15.5. The van der Waals surface area contributed by atoms with Crippen molar-refractivity contribution in [2.45, 2.75) is 0 Å². The summed E-state index contributed by atoms with van der Waals surface area (Å²) in [5.41, 5.74) is 1.76. The fraction of sp³-hybridized carbons (Fsp3) is 0.235. The molecule has 1 aliphatic rings. The Hall–Kier alpha value is -2.14. The molecule has 0 aliphatic carbocycles. The number of thiazole rings is 1. The molecular formula is C17H16FN3S. The lowest BCUT2D eigenvalue weighted by Gasteiger charge is -2.35. The van der Waals surface area contributed by atoms with E-state index in [9.17, 15) is 4.39 Å². The van der Waals surface area contributed by atoms with E-state index in [1.165, 1.54) is 11.8 Å². The predicted molar refractivity (Wildman–Crippen MR) is 90.4 cm³/mol. The monoisotopic (exact) mass is 313 g/mol. The molecule has 1 saturated heterocycles. The third kappa shape index (κ3) is 2.41. The Morgan fingerprint density at radius 3 is 2.32 bits per heavy atom. The molecule has 112 valence electrons. The summed E-state index contributed by atoms with van der Waals surface area (Å²) in [5.74, 6) is -0.233. The standard InChI is InChI=1S/C17H16FN3S/c18-14-7-4-8-15-16(14)19-17(22-15)21-11-9-20(10-12-21)13-5-2-1-3-6-13/h1-8H,9-12H2. The van der Waals surface area contributed by atoms with Crippen LogP contribution in [0.2, 0.25) is 0 Å². The quantitative estimate of drug-likeness (QED) is 0.718. The van der Waals surface area contributed by atoms with Crippen molar-refractivity contribution in [3.63, 3.8) is 0 Å². The molecule has 2 heterocycles. The van der Waals surface area contributed by atoms with Crippen LogP contribution >= 0.6 is 11.3 Å². The second-order valence-corrected chi connectivity index (χ2v) is 6.40. The molecule has 0 N–H and O–H groups in total. The molecule has 1 aliphatic heterocycles. The zero-order chi connectivity index (χ0) is 14.9. The Balaban J connectivity index is 1.52. The molecular weight excluding hydrogens is 297 g/mol. The SMILES string of the molecule is Fc1cccc2sc(N3CCN(c4ccccc4)CC3)nc12. The van der Waals surface area contributed by atoms with Crippen LogP contribution in [0.15, 0.2) is 48.5 Å². The zero-order valence-corrected chi connectivity index (χ0v) is 12.9. The topological polar surface area (TPSA) is 19.4 Å². The summed E-state index contributed by atoms with van der Waals surface area (Å²) in [6.07, 6.45) is 0. The summed E-state index contributed by atoms with van der Waals surface area (Å²) in [7, 11) is 0. The average Bonchev–Trinajstić information content (AvgIpc) is 3.02. The Bertz CT molecular complexity index is 779. The fourth-order valence-corrected chi connectivity index (χ4v) is 3.86. The fourth-order valence-electron chi connectivity index (χ4n) is 2.83. The second kappa shape index (κ2) is 5.57. The van der Waals surface area contributed by atoms with Gasteiger partial charge in [-0.2, -0.15) is 0 Å². The van der Waals surface area contributed by atoms with E-state index in [0.717, 1.165) is 36.0 Å². The number of aromatic nitrogens is 1. The van der Waals surface area contributed by atoms with E-state index in [4.69, 9.17) is 0 Å². The van der Waals surface area contributed by atoms with Gasteiger partial charge < -0.3 is 9.80 Å². The van der Waals surface area contributed by atoms with Crippen LogP contribution < -0.4 is 9.80 Å². The highest BCUT2D eigenvalue weighted by Crippen LogP contribution is 2.31. The molecule has 0 radical (unpaired) electrons. The van der Waals surface area contributed by atoms with Crippen molar-refractivity contribution in [2.75, 3.05) is 36.0 Å². The minimum Gasteiger partial charge on any atom is -0.368 e. The van der Waals surface area contributed by atoms with E-state index in [1.54, 1.807) is 17.4 Å². The molecule has 5 heteroatoms. The lowest BCUT2D eigenvalue weighted by molar-refractivity contribution is 0.635. The van der Waals surface area contributed by atoms with Crippen molar-refractivity contribution in [1.82, 2.24) is 4.98 Å². The Labute approximate surface area is 132 Å². The molecule has 1 aromatic heterocycles. The van der Waals surface area contributed by atoms with Crippen molar-refractivity contribution in [3.05, 3.63) is 54.3 Å². The summed E-state index contributed by atoms with van der Waals surface area (Å²) >= 11 is 1.57. The molecule has 4 rings (SSSR count). The molecule has 0 amide bonds. The van der Waals surface area contributed by atoms with Crippen LogP contribution in [0.3, 0.4) is 0 Å². The van der Waals surface area contributed by atoms with Gasteiger partial charge in [0.25, 0.3) is 0 Å². The summed E-state index contributed by atoms with van der Waals surface area (Å²) < 4.78 is 14.7. The van der Waals surface area contributed by atoms with Gasteiger partial charge in [0, 0.05) is 31.9 Å². The van der Waals surface area contributed by atoms with E-state index in [-0.39, 0.29) is 5.82 Å². The van der Waals surface area contributed by atoms with Gasteiger partial charge in [-0.25, -0.2) is 9.37 Å². The molecule has 3 nitrogen and oxygen atoms in total. The van der Waals surface area contributed by atoms with Crippen molar-refractivity contribution in [1.29, 1.82) is 0 Å². The minimum absolute atomic E-state index is 0.233. The van der Waals surface area contributed by atoms with Crippen LogP contribution in [0.5, 0.6) is 0 Å². The lowest BCUT2D eigenvalue weighted by atomic mass is 10.2. The summed E-state index contributed by atoms with van der Waals surface area (Å²) in [6.45, 7) is 3.75. The summed E-state index contributed by atoms with van der Waals surface area (Å²) in [4.78, 5) is 9.12. The smallest absolute Gasteiger partial charge is 0.186 e. The highest BCUT2D eigenvalue weighted by atomic mass is 32.1. The van der Waals surface area contributed by atoms with E-state index in [2.05, 4.69) is 39.0 Å². The highest BCUT2D eigenvalue weighted by Gasteiger charge is 2.20. The van der Waals surface area contributed by atoms with Crippen molar-refractivity contribution in [3.8, 4) is 0 Å². The average molecular weight is 313 g/mol. The maximum Gasteiger partial charge on any atom is 0.186 e. The lowest BCUT2D eigenvalue weighted by Crippen LogP contribution is -2.46. The van der Waals surface area contributed by atoms with Crippen LogP contribution in [0.4, 0.5) is 15.2 Å². The number of benzene rings is 2. The molecule has 0 unspecified atom stereocenters. The van der Waals surface area contributed by atoms with E-state index in [0.29, 0.717) is 5.52 Å². The first-order valence-corrected chi connectivity index (χ1v) is 8.23. The van der Waals surface area contributed by atoms with Gasteiger partial charge in [-0.15, -0.1) is 0 Å². The maximum absolute atomic E-state index is 13.8. The van der Waals surface area contributed by atoms with Gasteiger partial charge in [0.05, 0.1) is 4.70 Å². The number of rotatable bonds is 2. The third-order valence-electron chi connectivity index (χ3n) is 4.03. The molecule has 0 bridgehead atoms. The van der Waals surface area contributed by atoms with Crippen molar-refractivity contribution >= 4 is 32.4 Å². The first-order chi connectivity index (χ1) is 10.8. The van der Waals surface area contributed by atoms with Gasteiger partial charge in [-0.1, -0.05) is 35.6 Å². The van der Waals surface area contributed by atoms with Gasteiger partial charge in [0.1, 0.15) is 11.3 Å². The van der Waals surface area contributed by atoms with Gasteiger partial charge in [-0.3, -0.25) is 0 Å². The second-order valence-electron chi connectivity index (χ2n) is 5.39. The maximum atomic E-state index is 13.8. The molecule has 3 aromatic rings. The number of para-hydroxylation sites is 2. The van der Waals surface area contributed by atoms with Crippen LogP contribution in [0.1, 0.15) is 0 Å². The van der Waals surface area contributed by atoms with Gasteiger partial charge in [0.15, 0.2) is 5.13 Å². The number of nitrogens with zero attached hydrogens (tertiary/aromatic N) is 3. The Kier molecular flexibility index (Phi) is 3.42. The third-order valence-corrected chi connectivity index (χ3v) is 5.11. The Morgan fingerprint density at radius 2 is 1.59 bits per heavy atom. The number of hydrogen-bond donors (Lipinski definition) is 0. The molecule has 0 saturated carbocycles. The first-order valence-electron chi connectivity index (χ1n) is 7.41. The number of piperazine rings is 1. The summed E-state index contributed by atoms with van der Waals surface area (Å²) in [6, 6.07) is 15.6. The van der Waals surface area contributed by atoms with Crippen molar-refractivity contribution < 1.29 is 4.39 Å².